The molecule has 1 amide bonds. The number of pyridine rings is 1. The number of nitrogens with zero attached hydrogens (tertiary/aromatic N) is 1. The number of rotatable bonds is 5. The van der Waals surface area contributed by atoms with Gasteiger partial charge < -0.3 is 19.5 Å². The summed E-state index contributed by atoms with van der Waals surface area (Å²) < 4.78 is 16.7. The molecule has 1 aliphatic heterocycles. The van der Waals surface area contributed by atoms with E-state index in [4.69, 9.17) is 14.2 Å². The van der Waals surface area contributed by atoms with Crippen molar-refractivity contribution in [1.82, 2.24) is 4.98 Å². The monoisotopic (exact) mass is 362 g/mol. The summed E-state index contributed by atoms with van der Waals surface area (Å²) in [5.41, 5.74) is 2.18. The van der Waals surface area contributed by atoms with Crippen LogP contribution in [-0.2, 0) is 6.61 Å². The molecular formula is C21H18N2O4. The Morgan fingerprint density at radius 2 is 1.85 bits per heavy atom. The molecule has 0 unspecified atom stereocenters. The molecule has 0 spiro atoms. The van der Waals surface area contributed by atoms with Gasteiger partial charge in [-0.1, -0.05) is 6.07 Å². The Balaban J connectivity index is 1.37. The first kappa shape index (κ1) is 16.9. The third kappa shape index (κ3) is 4.17. The van der Waals surface area contributed by atoms with Crippen LogP contribution in [0.5, 0.6) is 17.2 Å². The predicted octanol–water partition coefficient (Wildman–Crippen LogP) is 3.68. The lowest BCUT2D eigenvalue weighted by Crippen LogP contribution is -2.16. The van der Waals surface area contributed by atoms with Gasteiger partial charge in [-0.25, -0.2) is 0 Å². The standard InChI is InChI=1S/C21H18N2O4/c24-21(23-17-5-8-19-20(12-17)26-11-10-25-19)16-3-6-18(7-4-16)27-14-15-2-1-9-22-13-15/h1-9,12-13H,10-11,14H2,(H,23,24). The molecule has 0 atom stereocenters. The highest BCUT2D eigenvalue weighted by atomic mass is 16.6. The smallest absolute Gasteiger partial charge is 0.255 e. The average molecular weight is 362 g/mol. The number of hydrogen-bond donors (Lipinski definition) is 1. The van der Waals surface area contributed by atoms with Crippen LogP contribution >= 0.6 is 0 Å². The summed E-state index contributed by atoms with van der Waals surface area (Å²) >= 11 is 0. The second kappa shape index (κ2) is 7.78. The quantitative estimate of drug-likeness (QED) is 0.750. The highest BCUT2D eigenvalue weighted by Gasteiger charge is 2.13. The predicted molar refractivity (Wildman–Crippen MR) is 100 cm³/mol. The average Bonchev–Trinajstić information content (AvgIpc) is 2.73. The van der Waals surface area contributed by atoms with Gasteiger partial charge in [-0.2, -0.15) is 0 Å². The van der Waals surface area contributed by atoms with Crippen LogP contribution in [0.3, 0.4) is 0 Å². The van der Waals surface area contributed by atoms with E-state index in [-0.39, 0.29) is 5.91 Å². The minimum absolute atomic E-state index is 0.203. The van der Waals surface area contributed by atoms with Crippen molar-refractivity contribution in [2.75, 3.05) is 18.5 Å². The molecule has 2 heterocycles. The number of benzene rings is 2. The van der Waals surface area contributed by atoms with E-state index in [0.29, 0.717) is 48.3 Å². The van der Waals surface area contributed by atoms with Gasteiger partial charge >= 0.3 is 0 Å². The summed E-state index contributed by atoms with van der Waals surface area (Å²) in [6, 6.07) is 16.2. The first-order valence-corrected chi connectivity index (χ1v) is 8.61. The molecule has 0 radical (unpaired) electrons. The first-order chi connectivity index (χ1) is 13.3. The fourth-order valence-corrected chi connectivity index (χ4v) is 2.68. The van der Waals surface area contributed by atoms with Gasteiger partial charge in [0, 0.05) is 35.3 Å². The number of fused-ring (bicyclic) bond motifs is 1. The van der Waals surface area contributed by atoms with Gasteiger partial charge in [0.05, 0.1) is 0 Å². The molecule has 6 heteroatoms. The number of ether oxygens (including phenoxy) is 3. The Labute approximate surface area is 156 Å². The molecule has 0 fully saturated rings. The molecule has 1 N–H and O–H groups in total. The third-order valence-electron chi connectivity index (χ3n) is 4.04. The maximum atomic E-state index is 12.4. The van der Waals surface area contributed by atoms with Crippen LogP contribution in [0.4, 0.5) is 5.69 Å². The molecule has 0 bridgehead atoms. The van der Waals surface area contributed by atoms with Crippen molar-refractivity contribution in [1.29, 1.82) is 0 Å². The van der Waals surface area contributed by atoms with E-state index in [2.05, 4.69) is 10.3 Å². The van der Waals surface area contributed by atoms with Crippen LogP contribution < -0.4 is 19.5 Å². The Morgan fingerprint density at radius 1 is 1.04 bits per heavy atom. The minimum atomic E-state index is -0.203. The molecule has 136 valence electrons. The Bertz CT molecular complexity index is 927. The van der Waals surface area contributed by atoms with E-state index in [1.165, 1.54) is 0 Å². The van der Waals surface area contributed by atoms with Crippen molar-refractivity contribution < 1.29 is 19.0 Å². The first-order valence-electron chi connectivity index (χ1n) is 8.61. The summed E-state index contributed by atoms with van der Waals surface area (Å²) in [7, 11) is 0. The zero-order valence-electron chi connectivity index (χ0n) is 14.6. The van der Waals surface area contributed by atoms with Gasteiger partial charge in [0.2, 0.25) is 0 Å². The lowest BCUT2D eigenvalue weighted by Gasteiger charge is -2.19. The fourth-order valence-electron chi connectivity index (χ4n) is 2.68. The number of amides is 1. The summed E-state index contributed by atoms with van der Waals surface area (Å²) in [4.78, 5) is 16.5. The molecule has 4 rings (SSSR count). The minimum Gasteiger partial charge on any atom is -0.489 e. The van der Waals surface area contributed by atoms with Crippen LogP contribution in [0.2, 0.25) is 0 Å². The normalized spacial score (nSPS) is 12.3. The van der Waals surface area contributed by atoms with E-state index in [0.717, 1.165) is 5.56 Å². The molecule has 0 aliphatic carbocycles. The molecule has 0 saturated heterocycles. The van der Waals surface area contributed by atoms with Crippen molar-refractivity contribution in [3.63, 3.8) is 0 Å². The van der Waals surface area contributed by atoms with Crippen LogP contribution in [0, 0.1) is 0 Å². The summed E-state index contributed by atoms with van der Waals surface area (Å²) in [6.07, 6.45) is 3.48. The maximum Gasteiger partial charge on any atom is 0.255 e. The van der Waals surface area contributed by atoms with Crippen LogP contribution in [0.1, 0.15) is 15.9 Å². The van der Waals surface area contributed by atoms with Crippen molar-refractivity contribution in [2.24, 2.45) is 0 Å². The summed E-state index contributed by atoms with van der Waals surface area (Å²) in [6.45, 7) is 1.47. The van der Waals surface area contributed by atoms with Crippen molar-refractivity contribution in [2.45, 2.75) is 6.61 Å². The Kier molecular flexibility index (Phi) is 4.87. The second-order valence-electron chi connectivity index (χ2n) is 5.99. The molecule has 27 heavy (non-hydrogen) atoms. The number of aromatic nitrogens is 1. The summed E-state index contributed by atoms with van der Waals surface area (Å²) in [5.74, 6) is 1.81. The number of nitrogens with one attached hydrogen (secondary N) is 1. The van der Waals surface area contributed by atoms with Crippen LogP contribution in [0.15, 0.2) is 67.0 Å². The highest BCUT2D eigenvalue weighted by molar-refractivity contribution is 6.04. The SMILES string of the molecule is O=C(Nc1ccc2c(c1)OCCO2)c1ccc(OCc2cccnc2)cc1. The molecule has 2 aromatic carbocycles. The lowest BCUT2D eigenvalue weighted by molar-refractivity contribution is 0.102. The highest BCUT2D eigenvalue weighted by Crippen LogP contribution is 2.32. The van der Waals surface area contributed by atoms with Gasteiger partial charge in [0.15, 0.2) is 11.5 Å². The molecule has 6 nitrogen and oxygen atoms in total. The number of carbonyl (C=O) groups is 1. The van der Waals surface area contributed by atoms with E-state index < -0.39 is 0 Å². The third-order valence-corrected chi connectivity index (χ3v) is 4.04. The van der Waals surface area contributed by atoms with Gasteiger partial charge in [-0.3, -0.25) is 9.78 Å². The Morgan fingerprint density at radius 3 is 2.63 bits per heavy atom. The van der Waals surface area contributed by atoms with Gasteiger partial charge in [0.25, 0.3) is 5.91 Å². The fraction of sp³-hybridized carbons (Fsp3) is 0.143. The van der Waals surface area contributed by atoms with E-state index in [1.54, 1.807) is 54.9 Å². The van der Waals surface area contributed by atoms with Crippen molar-refractivity contribution in [3.8, 4) is 17.2 Å². The van der Waals surface area contributed by atoms with E-state index in [9.17, 15) is 4.79 Å². The number of carbonyl (C=O) groups excluding carboxylic acids is 1. The molecule has 1 aromatic heterocycles. The Hall–Kier alpha value is -3.54. The maximum absolute atomic E-state index is 12.4. The molecule has 3 aromatic rings. The number of anilines is 1. The molecule has 0 saturated carbocycles. The zero-order valence-corrected chi connectivity index (χ0v) is 14.6. The lowest BCUT2D eigenvalue weighted by atomic mass is 10.2. The topological polar surface area (TPSA) is 69.7 Å². The summed E-state index contributed by atoms with van der Waals surface area (Å²) in [5, 5.41) is 2.86. The van der Waals surface area contributed by atoms with Crippen molar-refractivity contribution in [3.05, 3.63) is 78.1 Å². The molecule has 1 aliphatic rings. The van der Waals surface area contributed by atoms with Crippen molar-refractivity contribution >= 4 is 11.6 Å². The van der Waals surface area contributed by atoms with Gasteiger partial charge in [0.1, 0.15) is 25.6 Å². The van der Waals surface area contributed by atoms with Gasteiger partial charge in [-0.15, -0.1) is 0 Å². The van der Waals surface area contributed by atoms with E-state index in [1.807, 2.05) is 12.1 Å². The van der Waals surface area contributed by atoms with E-state index >= 15 is 0 Å². The second-order valence-corrected chi connectivity index (χ2v) is 5.99. The largest absolute Gasteiger partial charge is 0.489 e. The van der Waals surface area contributed by atoms with Gasteiger partial charge in [-0.05, 0) is 42.5 Å². The molecular weight excluding hydrogens is 344 g/mol. The van der Waals surface area contributed by atoms with Crippen LogP contribution in [0.25, 0.3) is 0 Å². The number of hydrogen-bond acceptors (Lipinski definition) is 5. The zero-order chi connectivity index (χ0) is 18.5. The van der Waals surface area contributed by atoms with Crippen LogP contribution in [-0.4, -0.2) is 24.1 Å².